The summed E-state index contributed by atoms with van der Waals surface area (Å²) in [4.78, 5) is 13.0. The predicted molar refractivity (Wildman–Crippen MR) is 131 cm³/mol. The molecule has 170 valence electrons. The van der Waals surface area contributed by atoms with Gasteiger partial charge in [0.25, 0.3) is 0 Å². The summed E-state index contributed by atoms with van der Waals surface area (Å²) in [6.07, 6.45) is 20.3. The Morgan fingerprint density at radius 1 is 1.13 bits per heavy atom. The molecule has 0 aromatic rings. The molecule has 0 radical (unpaired) electrons. The minimum atomic E-state index is 0. The van der Waals surface area contributed by atoms with Gasteiger partial charge in [-0.1, -0.05) is 65.3 Å². The normalized spacial score (nSPS) is 39.6. The summed E-state index contributed by atoms with van der Waals surface area (Å²) < 4.78 is 0. The molecule has 0 amide bonds. The van der Waals surface area contributed by atoms with Crippen LogP contribution in [0.1, 0.15) is 99.8 Å². The van der Waals surface area contributed by atoms with Crippen molar-refractivity contribution in [1.29, 1.82) is 0 Å². The summed E-state index contributed by atoms with van der Waals surface area (Å²) in [6.45, 7) is 14.6. The molecule has 0 spiro atoms. The summed E-state index contributed by atoms with van der Waals surface area (Å²) in [7, 11) is 0. The van der Waals surface area contributed by atoms with E-state index < -0.39 is 0 Å². The van der Waals surface area contributed by atoms with Crippen LogP contribution in [0.5, 0.6) is 0 Å². The molecule has 4 rings (SSSR count). The molecule has 1 heteroatoms. The lowest BCUT2D eigenvalue weighted by molar-refractivity contribution is -0.124. The van der Waals surface area contributed by atoms with Crippen molar-refractivity contribution >= 4 is 5.78 Å². The van der Waals surface area contributed by atoms with Gasteiger partial charge in [0, 0.05) is 5.92 Å². The van der Waals surface area contributed by atoms with E-state index >= 15 is 0 Å². The van der Waals surface area contributed by atoms with Crippen LogP contribution < -0.4 is 0 Å². The minimum absolute atomic E-state index is 0. The Morgan fingerprint density at radius 2 is 1.83 bits per heavy atom. The number of hydrogen-bond acceptors (Lipinski definition) is 1. The monoisotopic (exact) mass is 412 g/mol. The second-order valence-electron chi connectivity index (χ2n) is 11.1. The number of carbonyl (C=O) groups is 1. The number of ketones is 1. The van der Waals surface area contributed by atoms with Crippen molar-refractivity contribution < 1.29 is 4.79 Å². The lowest BCUT2D eigenvalue weighted by Crippen LogP contribution is -2.50. The van der Waals surface area contributed by atoms with Crippen LogP contribution in [0.3, 0.4) is 0 Å². The fourth-order valence-electron chi connectivity index (χ4n) is 7.57. The topological polar surface area (TPSA) is 17.1 Å². The van der Waals surface area contributed by atoms with E-state index in [0.717, 1.165) is 24.2 Å². The van der Waals surface area contributed by atoms with E-state index in [-0.39, 0.29) is 18.8 Å². The highest BCUT2D eigenvalue weighted by Crippen LogP contribution is 2.66. The first-order chi connectivity index (χ1) is 13.8. The van der Waals surface area contributed by atoms with Gasteiger partial charge in [-0.2, -0.15) is 0 Å². The van der Waals surface area contributed by atoms with E-state index in [0.29, 0.717) is 17.1 Å². The van der Waals surface area contributed by atoms with Crippen LogP contribution in [0.2, 0.25) is 0 Å². The summed E-state index contributed by atoms with van der Waals surface area (Å²) in [5, 5.41) is 0. The second-order valence-corrected chi connectivity index (χ2v) is 11.1. The van der Waals surface area contributed by atoms with Crippen molar-refractivity contribution in [3.05, 3.63) is 36.5 Å². The Labute approximate surface area is 187 Å². The Bertz CT molecular complexity index is 668. The smallest absolute Gasteiger partial charge is 0.159 e. The zero-order valence-corrected chi connectivity index (χ0v) is 19.7. The van der Waals surface area contributed by atoms with Crippen LogP contribution in [-0.4, -0.2) is 5.78 Å². The van der Waals surface area contributed by atoms with E-state index in [1.807, 2.05) is 13.0 Å². The molecule has 6 atom stereocenters. The van der Waals surface area contributed by atoms with Gasteiger partial charge >= 0.3 is 0 Å². The largest absolute Gasteiger partial charge is 0.295 e. The van der Waals surface area contributed by atoms with Gasteiger partial charge in [-0.3, -0.25) is 4.79 Å². The lowest BCUT2D eigenvalue weighted by Gasteiger charge is -2.57. The molecule has 30 heavy (non-hydrogen) atoms. The van der Waals surface area contributed by atoms with Crippen molar-refractivity contribution in [3.63, 3.8) is 0 Å². The Kier molecular flexibility index (Phi) is 8.39. The summed E-state index contributed by atoms with van der Waals surface area (Å²) in [5.41, 5.74) is 2.51. The lowest BCUT2D eigenvalue weighted by atomic mass is 9.47. The molecular formula is C29H48O. The highest BCUT2D eigenvalue weighted by atomic mass is 16.1. The quantitative estimate of drug-likeness (QED) is 0.335. The van der Waals surface area contributed by atoms with E-state index in [2.05, 4.69) is 46.4 Å². The van der Waals surface area contributed by atoms with Crippen LogP contribution in [0.4, 0.5) is 0 Å². The fraction of sp³-hybridized carbons (Fsp3) is 0.759. The number of hydrogen-bond donors (Lipinski definition) is 0. The first-order valence-corrected chi connectivity index (χ1v) is 12.3. The molecule has 0 heterocycles. The second kappa shape index (κ2) is 10.0. The van der Waals surface area contributed by atoms with Crippen molar-refractivity contribution in [2.45, 2.75) is 99.8 Å². The molecule has 0 aromatic carbocycles. The zero-order valence-electron chi connectivity index (χ0n) is 19.7. The van der Waals surface area contributed by atoms with Crippen LogP contribution in [-0.2, 0) is 4.79 Å². The van der Waals surface area contributed by atoms with E-state index in [1.54, 1.807) is 11.6 Å². The standard InChI is InChI=1S/C25H38O.C3H6.CH4/c1-17(2)8-13-23(26)22-12-11-20-19-10-9-18-7-5-6-15-24(18,3)21(19)14-16-25(20,22)4;1-3-2;/h8-9,13,17,19-22H,5-7,10-12,14-16H2,1-4H3;3H,1H2,2H3;1H4/b13-8+;;. The Balaban J connectivity index is 0.000000757. The fourth-order valence-corrected chi connectivity index (χ4v) is 7.57. The van der Waals surface area contributed by atoms with E-state index in [9.17, 15) is 4.79 Å². The zero-order chi connectivity index (χ0) is 21.2. The third kappa shape index (κ3) is 4.42. The average molecular weight is 413 g/mol. The highest BCUT2D eigenvalue weighted by molar-refractivity contribution is 5.92. The van der Waals surface area contributed by atoms with E-state index in [1.165, 1.54) is 51.4 Å². The molecule has 0 aliphatic heterocycles. The first-order valence-electron chi connectivity index (χ1n) is 12.3. The van der Waals surface area contributed by atoms with Crippen molar-refractivity contribution in [3.8, 4) is 0 Å². The van der Waals surface area contributed by atoms with Gasteiger partial charge in [-0.15, -0.1) is 6.58 Å². The molecule has 6 unspecified atom stereocenters. The van der Waals surface area contributed by atoms with Gasteiger partial charge < -0.3 is 0 Å². The number of fused-ring (bicyclic) bond motifs is 5. The van der Waals surface area contributed by atoms with Gasteiger partial charge in [-0.25, -0.2) is 0 Å². The molecular weight excluding hydrogens is 364 g/mol. The molecule has 0 aromatic heterocycles. The van der Waals surface area contributed by atoms with Crippen LogP contribution in [0.25, 0.3) is 0 Å². The number of allylic oxidation sites excluding steroid dienone is 5. The predicted octanol–water partition coefficient (Wildman–Crippen LogP) is 8.57. The third-order valence-electron chi connectivity index (χ3n) is 9.01. The third-order valence-corrected chi connectivity index (χ3v) is 9.01. The van der Waals surface area contributed by atoms with Crippen molar-refractivity contribution in [2.24, 2.45) is 40.4 Å². The summed E-state index contributed by atoms with van der Waals surface area (Å²) in [6, 6.07) is 0. The van der Waals surface area contributed by atoms with E-state index in [4.69, 9.17) is 0 Å². The maximum Gasteiger partial charge on any atom is 0.159 e. The maximum absolute atomic E-state index is 13.0. The maximum atomic E-state index is 13.0. The minimum Gasteiger partial charge on any atom is -0.295 e. The Morgan fingerprint density at radius 3 is 2.50 bits per heavy atom. The molecule has 0 bridgehead atoms. The van der Waals surface area contributed by atoms with Crippen LogP contribution in [0, 0.1) is 40.4 Å². The molecule has 3 saturated carbocycles. The number of carbonyl (C=O) groups excluding carboxylic acids is 1. The number of rotatable bonds is 3. The van der Waals surface area contributed by atoms with Crippen LogP contribution >= 0.6 is 0 Å². The average Bonchev–Trinajstić information content (AvgIpc) is 3.03. The molecule has 4 aliphatic carbocycles. The van der Waals surface area contributed by atoms with Gasteiger partial charge in [0.15, 0.2) is 5.78 Å². The molecule has 0 N–H and O–H groups in total. The van der Waals surface area contributed by atoms with Crippen LogP contribution in [0.15, 0.2) is 36.5 Å². The van der Waals surface area contributed by atoms with Gasteiger partial charge in [-0.05, 0) is 98.9 Å². The first kappa shape index (κ1) is 25.2. The Hall–Kier alpha value is -1.11. The molecule has 0 saturated heterocycles. The van der Waals surface area contributed by atoms with Crippen molar-refractivity contribution in [2.75, 3.05) is 0 Å². The molecule has 1 nitrogen and oxygen atoms in total. The van der Waals surface area contributed by atoms with Gasteiger partial charge in [0.2, 0.25) is 0 Å². The van der Waals surface area contributed by atoms with Crippen molar-refractivity contribution in [1.82, 2.24) is 0 Å². The van der Waals surface area contributed by atoms with Gasteiger partial charge in [0.05, 0.1) is 0 Å². The summed E-state index contributed by atoms with van der Waals surface area (Å²) >= 11 is 0. The van der Waals surface area contributed by atoms with Gasteiger partial charge in [0.1, 0.15) is 0 Å². The SMILES string of the molecule is C.C=CC.CC(C)/C=C/C(=O)C1CCC2C3CC=C4CCCCC4(C)C3CCC12C. The molecule has 3 fully saturated rings. The summed E-state index contributed by atoms with van der Waals surface area (Å²) in [5.74, 6) is 3.62. The highest BCUT2D eigenvalue weighted by Gasteiger charge is 2.59. The molecule has 4 aliphatic rings.